The summed E-state index contributed by atoms with van der Waals surface area (Å²) in [5.41, 5.74) is 1.61. The molecule has 0 unspecified atom stereocenters. The summed E-state index contributed by atoms with van der Waals surface area (Å²) in [7, 11) is -2.22. The van der Waals surface area contributed by atoms with Crippen molar-refractivity contribution in [2.75, 3.05) is 22.5 Å². The molecule has 3 rings (SSSR count). The number of ether oxygens (including phenoxy) is 1. The number of thiocarbonyl (C=S) groups is 1. The second kappa shape index (κ2) is 9.13. The molecule has 0 bridgehead atoms. The first-order valence-corrected chi connectivity index (χ1v) is 10.7. The summed E-state index contributed by atoms with van der Waals surface area (Å²) in [4.78, 5) is 0.0784. The van der Waals surface area contributed by atoms with E-state index in [1.165, 1.54) is 12.1 Å². The summed E-state index contributed by atoms with van der Waals surface area (Å²) in [6.07, 6.45) is 0. The number of anilines is 3. The van der Waals surface area contributed by atoms with Crippen LogP contribution in [0.1, 0.15) is 0 Å². The first-order valence-electron chi connectivity index (χ1n) is 8.47. The zero-order chi connectivity index (χ0) is 20.9. The number of hydrogen-bond acceptors (Lipinski definition) is 4. The molecule has 9 heteroatoms. The van der Waals surface area contributed by atoms with E-state index in [4.69, 9.17) is 28.6 Å². The molecule has 150 valence electrons. The Bertz CT molecular complexity index is 1120. The average Bonchev–Trinajstić information content (AvgIpc) is 2.70. The molecule has 0 aliphatic carbocycles. The first-order chi connectivity index (χ1) is 13.9. The summed E-state index contributed by atoms with van der Waals surface area (Å²) >= 11 is 11.3. The van der Waals surface area contributed by atoms with E-state index in [-0.39, 0.29) is 4.90 Å². The van der Waals surface area contributed by atoms with Crippen molar-refractivity contribution in [3.63, 3.8) is 0 Å². The Morgan fingerprint density at radius 2 is 1.62 bits per heavy atom. The summed E-state index contributed by atoms with van der Waals surface area (Å²) in [6, 6.07) is 20.2. The molecular weight excluding hydrogens is 430 g/mol. The third-order valence-electron chi connectivity index (χ3n) is 3.87. The van der Waals surface area contributed by atoms with Crippen LogP contribution in [0.5, 0.6) is 5.75 Å². The maximum absolute atomic E-state index is 12.7. The molecule has 0 aliphatic heterocycles. The molecule has 29 heavy (non-hydrogen) atoms. The van der Waals surface area contributed by atoms with Gasteiger partial charge in [-0.2, -0.15) is 0 Å². The van der Waals surface area contributed by atoms with E-state index >= 15 is 0 Å². The number of methoxy groups -OCH3 is 1. The van der Waals surface area contributed by atoms with Crippen molar-refractivity contribution < 1.29 is 13.2 Å². The number of para-hydroxylation sites is 1. The number of benzene rings is 3. The van der Waals surface area contributed by atoms with E-state index in [1.54, 1.807) is 55.6 Å². The lowest BCUT2D eigenvalue weighted by Crippen LogP contribution is -2.19. The zero-order valence-corrected chi connectivity index (χ0v) is 17.7. The highest BCUT2D eigenvalue weighted by Gasteiger charge is 2.16. The minimum atomic E-state index is -3.81. The molecule has 0 atom stereocenters. The number of hydrogen-bond donors (Lipinski definition) is 3. The van der Waals surface area contributed by atoms with Gasteiger partial charge in [0.1, 0.15) is 5.75 Å². The Balaban J connectivity index is 1.71. The molecule has 3 aromatic rings. The van der Waals surface area contributed by atoms with Crippen LogP contribution >= 0.6 is 23.8 Å². The summed E-state index contributed by atoms with van der Waals surface area (Å²) < 4.78 is 33.0. The Kier molecular flexibility index (Phi) is 6.58. The molecule has 3 aromatic carbocycles. The maximum atomic E-state index is 12.7. The van der Waals surface area contributed by atoms with Crippen LogP contribution < -0.4 is 20.1 Å². The molecule has 6 nitrogen and oxygen atoms in total. The quantitative estimate of drug-likeness (QED) is 0.463. The van der Waals surface area contributed by atoms with Crippen molar-refractivity contribution in [2.45, 2.75) is 4.90 Å². The van der Waals surface area contributed by atoms with Crippen molar-refractivity contribution >= 4 is 56.0 Å². The van der Waals surface area contributed by atoms with Crippen LogP contribution in [0.15, 0.2) is 77.7 Å². The molecule has 0 radical (unpaired) electrons. The van der Waals surface area contributed by atoms with Gasteiger partial charge >= 0.3 is 0 Å². The van der Waals surface area contributed by atoms with Crippen molar-refractivity contribution in [3.8, 4) is 5.75 Å². The fraction of sp³-hybridized carbons (Fsp3) is 0.0500. The lowest BCUT2D eigenvalue weighted by molar-refractivity contribution is 0.415. The second-order valence-electron chi connectivity index (χ2n) is 5.92. The zero-order valence-electron chi connectivity index (χ0n) is 15.3. The minimum absolute atomic E-state index is 0.0784. The van der Waals surface area contributed by atoms with Crippen LogP contribution in [-0.4, -0.2) is 20.6 Å². The van der Waals surface area contributed by atoms with Crippen molar-refractivity contribution in [3.05, 3.63) is 77.8 Å². The number of nitrogens with one attached hydrogen (secondary N) is 3. The van der Waals surface area contributed by atoms with E-state index in [9.17, 15) is 8.42 Å². The van der Waals surface area contributed by atoms with E-state index in [1.807, 2.05) is 12.1 Å². The van der Waals surface area contributed by atoms with Gasteiger partial charge in [0, 0.05) is 11.4 Å². The molecule has 0 saturated heterocycles. The second-order valence-corrected chi connectivity index (χ2v) is 8.42. The SMILES string of the molecule is COc1ccc(NC(=S)Nc2cccc(S(=O)(=O)Nc3ccccc3Cl)c2)cc1. The van der Waals surface area contributed by atoms with E-state index < -0.39 is 10.0 Å². The number of sulfonamides is 1. The number of halogens is 1. The Hall–Kier alpha value is -2.81. The van der Waals surface area contributed by atoms with Gasteiger partial charge in [-0.25, -0.2) is 8.42 Å². The highest BCUT2D eigenvalue weighted by molar-refractivity contribution is 7.92. The number of rotatable bonds is 6. The van der Waals surface area contributed by atoms with Crippen LogP contribution in [0.25, 0.3) is 0 Å². The van der Waals surface area contributed by atoms with Crippen molar-refractivity contribution in [1.29, 1.82) is 0 Å². The topological polar surface area (TPSA) is 79.5 Å². The molecular formula is C20H18ClN3O3S2. The normalized spacial score (nSPS) is 10.8. The predicted octanol–water partition coefficient (Wildman–Crippen LogP) is 4.96. The highest BCUT2D eigenvalue weighted by atomic mass is 35.5. The van der Waals surface area contributed by atoms with Gasteiger partial charge in [0.2, 0.25) is 0 Å². The van der Waals surface area contributed by atoms with Crippen molar-refractivity contribution in [1.82, 2.24) is 0 Å². The smallest absolute Gasteiger partial charge is 0.262 e. The van der Waals surface area contributed by atoms with Gasteiger partial charge < -0.3 is 15.4 Å². The molecule has 3 N–H and O–H groups in total. The molecule has 0 spiro atoms. The Labute approximate surface area is 179 Å². The third-order valence-corrected chi connectivity index (χ3v) is 5.77. The highest BCUT2D eigenvalue weighted by Crippen LogP contribution is 2.25. The molecule has 0 fully saturated rings. The third kappa shape index (κ3) is 5.60. The monoisotopic (exact) mass is 447 g/mol. The van der Waals surface area contributed by atoms with Crippen LogP contribution in [0.4, 0.5) is 17.1 Å². The summed E-state index contributed by atoms with van der Waals surface area (Å²) in [5, 5.41) is 6.64. The van der Waals surface area contributed by atoms with Crippen LogP contribution in [0.3, 0.4) is 0 Å². The van der Waals surface area contributed by atoms with Gasteiger partial charge in [0.05, 0.1) is 22.7 Å². The standard InChI is InChI=1S/C20H18ClN3O3S2/c1-27-16-11-9-14(10-12-16)22-20(28)23-15-5-4-6-17(13-15)29(25,26)24-19-8-3-2-7-18(19)21/h2-13,24H,1H3,(H2,22,23,28). The average molecular weight is 448 g/mol. The summed E-state index contributed by atoms with van der Waals surface area (Å²) in [6.45, 7) is 0. The predicted molar refractivity (Wildman–Crippen MR) is 122 cm³/mol. The first kappa shape index (κ1) is 20.9. The molecule has 0 heterocycles. The van der Waals surface area contributed by atoms with Gasteiger partial charge in [-0.3, -0.25) is 4.72 Å². The molecule has 0 aliphatic rings. The van der Waals surface area contributed by atoms with Crippen LogP contribution in [0.2, 0.25) is 5.02 Å². The maximum Gasteiger partial charge on any atom is 0.262 e. The molecule has 0 aromatic heterocycles. The minimum Gasteiger partial charge on any atom is -0.497 e. The van der Waals surface area contributed by atoms with E-state index in [2.05, 4.69) is 15.4 Å². The van der Waals surface area contributed by atoms with Crippen LogP contribution in [0, 0.1) is 0 Å². The Morgan fingerprint density at radius 1 is 0.931 bits per heavy atom. The van der Waals surface area contributed by atoms with Gasteiger partial charge in [0.25, 0.3) is 10.0 Å². The molecule has 0 amide bonds. The largest absolute Gasteiger partial charge is 0.497 e. The lowest BCUT2D eigenvalue weighted by atomic mass is 10.3. The Morgan fingerprint density at radius 3 is 2.31 bits per heavy atom. The van der Waals surface area contributed by atoms with Crippen molar-refractivity contribution in [2.24, 2.45) is 0 Å². The van der Waals surface area contributed by atoms with Gasteiger partial charge in [-0.15, -0.1) is 0 Å². The summed E-state index contributed by atoms with van der Waals surface area (Å²) in [5.74, 6) is 0.735. The van der Waals surface area contributed by atoms with Gasteiger partial charge in [0.15, 0.2) is 5.11 Å². The fourth-order valence-electron chi connectivity index (χ4n) is 2.46. The van der Waals surface area contributed by atoms with E-state index in [0.717, 1.165) is 11.4 Å². The fourth-order valence-corrected chi connectivity index (χ4v) is 4.06. The van der Waals surface area contributed by atoms with E-state index in [0.29, 0.717) is 21.5 Å². The van der Waals surface area contributed by atoms with Gasteiger partial charge in [-0.1, -0.05) is 29.8 Å². The lowest BCUT2D eigenvalue weighted by Gasteiger charge is -2.13. The van der Waals surface area contributed by atoms with Gasteiger partial charge in [-0.05, 0) is 66.8 Å². The molecule has 0 saturated carbocycles. The van der Waals surface area contributed by atoms with Crippen LogP contribution in [-0.2, 0) is 10.0 Å².